The second kappa shape index (κ2) is 8.48. The van der Waals surface area contributed by atoms with Crippen molar-refractivity contribution in [3.05, 3.63) is 24.0 Å². The first kappa shape index (κ1) is 15.4. The summed E-state index contributed by atoms with van der Waals surface area (Å²) in [4.78, 5) is 15.9. The molecule has 19 heavy (non-hydrogen) atoms. The summed E-state index contributed by atoms with van der Waals surface area (Å²) < 4.78 is 4.97. The number of aromatic nitrogens is 1. The van der Waals surface area contributed by atoms with Gasteiger partial charge in [-0.25, -0.2) is 4.98 Å². The number of methoxy groups -OCH3 is 1. The van der Waals surface area contributed by atoms with Gasteiger partial charge in [0.25, 0.3) is 5.91 Å². The molecule has 0 fully saturated rings. The van der Waals surface area contributed by atoms with Crippen molar-refractivity contribution in [2.24, 2.45) is 5.92 Å². The molecule has 5 nitrogen and oxygen atoms in total. The largest absolute Gasteiger partial charge is 0.385 e. The topological polar surface area (TPSA) is 63.2 Å². The highest BCUT2D eigenvalue weighted by Crippen LogP contribution is 2.06. The summed E-state index contributed by atoms with van der Waals surface area (Å²) in [6.07, 6.45) is 2.62. The number of nitrogens with zero attached hydrogens (tertiary/aromatic N) is 1. The van der Waals surface area contributed by atoms with E-state index in [0.29, 0.717) is 18.2 Å². The van der Waals surface area contributed by atoms with Crippen LogP contribution in [0.4, 0.5) is 5.69 Å². The van der Waals surface area contributed by atoms with E-state index in [9.17, 15) is 4.79 Å². The van der Waals surface area contributed by atoms with Crippen molar-refractivity contribution in [3.8, 4) is 0 Å². The zero-order chi connectivity index (χ0) is 14.1. The number of nitrogens with one attached hydrogen (secondary N) is 2. The van der Waals surface area contributed by atoms with Crippen LogP contribution in [0.1, 0.15) is 30.8 Å². The number of hydrogen-bond acceptors (Lipinski definition) is 4. The Bertz CT molecular complexity index is 377. The minimum absolute atomic E-state index is 0.125. The molecule has 0 bridgehead atoms. The molecule has 1 aromatic heterocycles. The van der Waals surface area contributed by atoms with Crippen LogP contribution >= 0.6 is 0 Å². The van der Waals surface area contributed by atoms with Crippen LogP contribution in [0.3, 0.4) is 0 Å². The number of amides is 1. The van der Waals surface area contributed by atoms with Crippen LogP contribution in [0.15, 0.2) is 18.3 Å². The van der Waals surface area contributed by atoms with E-state index < -0.39 is 0 Å². The Kier molecular flexibility index (Phi) is 6.89. The molecule has 0 spiro atoms. The van der Waals surface area contributed by atoms with Gasteiger partial charge >= 0.3 is 0 Å². The minimum atomic E-state index is -0.125. The monoisotopic (exact) mass is 265 g/mol. The highest BCUT2D eigenvalue weighted by molar-refractivity contribution is 5.92. The van der Waals surface area contributed by atoms with Crippen molar-refractivity contribution < 1.29 is 9.53 Å². The van der Waals surface area contributed by atoms with Crippen LogP contribution in [0, 0.1) is 5.92 Å². The van der Waals surface area contributed by atoms with E-state index in [1.807, 2.05) is 6.07 Å². The lowest BCUT2D eigenvalue weighted by Crippen LogP contribution is -2.28. The van der Waals surface area contributed by atoms with Gasteiger partial charge in [0.2, 0.25) is 0 Å². The highest BCUT2D eigenvalue weighted by Gasteiger charge is 2.06. The fraction of sp³-hybridized carbons (Fsp3) is 0.571. The van der Waals surface area contributed by atoms with Crippen LogP contribution in [-0.2, 0) is 4.74 Å². The summed E-state index contributed by atoms with van der Waals surface area (Å²) in [5.74, 6) is 0.310. The molecule has 0 aliphatic rings. The molecule has 0 aliphatic carbocycles. The van der Waals surface area contributed by atoms with Crippen molar-refractivity contribution >= 4 is 11.6 Å². The standard InChI is InChI=1S/C14H23N3O2/c1-11(2)9-17-14(18)13-6-5-12(10-16-13)15-7-4-8-19-3/h5-6,10-11,15H,4,7-9H2,1-3H3,(H,17,18). The number of anilines is 1. The van der Waals surface area contributed by atoms with Gasteiger partial charge in [0.1, 0.15) is 5.69 Å². The summed E-state index contributed by atoms with van der Waals surface area (Å²) in [7, 11) is 1.69. The van der Waals surface area contributed by atoms with Gasteiger partial charge in [-0.15, -0.1) is 0 Å². The molecular formula is C14H23N3O2. The first-order valence-corrected chi connectivity index (χ1v) is 6.60. The molecule has 106 valence electrons. The second-order valence-corrected chi connectivity index (χ2v) is 4.81. The molecule has 0 atom stereocenters. The summed E-state index contributed by atoms with van der Waals surface area (Å²) in [6.45, 7) is 6.34. The van der Waals surface area contributed by atoms with E-state index in [1.165, 1.54) is 0 Å². The molecule has 0 unspecified atom stereocenters. The summed E-state index contributed by atoms with van der Waals surface area (Å²) >= 11 is 0. The molecule has 0 aromatic carbocycles. The summed E-state index contributed by atoms with van der Waals surface area (Å²) in [6, 6.07) is 3.60. The Balaban J connectivity index is 2.40. The lowest BCUT2D eigenvalue weighted by Gasteiger charge is -2.08. The van der Waals surface area contributed by atoms with Crippen LogP contribution in [0.25, 0.3) is 0 Å². The van der Waals surface area contributed by atoms with Gasteiger partial charge in [0.15, 0.2) is 0 Å². The summed E-state index contributed by atoms with van der Waals surface area (Å²) in [5.41, 5.74) is 1.36. The molecule has 0 saturated carbocycles. The third kappa shape index (κ3) is 6.20. The predicted molar refractivity (Wildman–Crippen MR) is 76.4 cm³/mol. The molecule has 0 saturated heterocycles. The Morgan fingerprint density at radius 2 is 2.21 bits per heavy atom. The average Bonchev–Trinajstić information content (AvgIpc) is 2.41. The number of carbonyl (C=O) groups is 1. The first-order valence-electron chi connectivity index (χ1n) is 6.60. The SMILES string of the molecule is COCCCNc1ccc(C(=O)NCC(C)C)nc1. The molecule has 5 heteroatoms. The fourth-order valence-electron chi connectivity index (χ4n) is 1.47. The lowest BCUT2D eigenvalue weighted by atomic mass is 10.2. The van der Waals surface area contributed by atoms with Gasteiger partial charge in [0, 0.05) is 26.8 Å². The maximum atomic E-state index is 11.7. The Hall–Kier alpha value is -1.62. The molecule has 2 N–H and O–H groups in total. The molecule has 1 rings (SSSR count). The maximum absolute atomic E-state index is 11.7. The van der Waals surface area contributed by atoms with Gasteiger partial charge < -0.3 is 15.4 Å². The van der Waals surface area contributed by atoms with E-state index in [-0.39, 0.29) is 5.91 Å². The van der Waals surface area contributed by atoms with Gasteiger partial charge in [0.05, 0.1) is 11.9 Å². The van der Waals surface area contributed by atoms with E-state index in [2.05, 4.69) is 29.5 Å². The smallest absolute Gasteiger partial charge is 0.269 e. The Morgan fingerprint density at radius 3 is 2.79 bits per heavy atom. The molecule has 1 heterocycles. The van der Waals surface area contributed by atoms with E-state index in [0.717, 1.165) is 25.3 Å². The maximum Gasteiger partial charge on any atom is 0.269 e. The number of carbonyl (C=O) groups excluding carboxylic acids is 1. The number of rotatable bonds is 8. The van der Waals surface area contributed by atoms with Crippen molar-refractivity contribution in [1.82, 2.24) is 10.3 Å². The minimum Gasteiger partial charge on any atom is -0.385 e. The zero-order valence-corrected chi connectivity index (χ0v) is 11.9. The van der Waals surface area contributed by atoms with Crippen LogP contribution in [-0.4, -0.2) is 37.7 Å². The lowest BCUT2D eigenvalue weighted by molar-refractivity contribution is 0.0944. The van der Waals surface area contributed by atoms with E-state index in [4.69, 9.17) is 4.74 Å². The number of pyridine rings is 1. The summed E-state index contributed by atoms with van der Waals surface area (Å²) in [5, 5.41) is 6.06. The van der Waals surface area contributed by atoms with Crippen molar-refractivity contribution in [2.75, 3.05) is 32.1 Å². The molecule has 0 radical (unpaired) electrons. The zero-order valence-electron chi connectivity index (χ0n) is 11.9. The Morgan fingerprint density at radius 1 is 1.42 bits per heavy atom. The quantitative estimate of drug-likeness (QED) is 0.705. The van der Waals surface area contributed by atoms with E-state index >= 15 is 0 Å². The van der Waals surface area contributed by atoms with Crippen molar-refractivity contribution in [1.29, 1.82) is 0 Å². The average molecular weight is 265 g/mol. The van der Waals surface area contributed by atoms with Crippen LogP contribution < -0.4 is 10.6 Å². The highest BCUT2D eigenvalue weighted by atomic mass is 16.5. The fourth-order valence-corrected chi connectivity index (χ4v) is 1.47. The number of ether oxygens (including phenoxy) is 1. The second-order valence-electron chi connectivity index (χ2n) is 4.81. The van der Waals surface area contributed by atoms with Gasteiger partial charge in [-0.2, -0.15) is 0 Å². The molecule has 0 aliphatic heterocycles. The third-order valence-electron chi connectivity index (χ3n) is 2.52. The van der Waals surface area contributed by atoms with Crippen molar-refractivity contribution in [3.63, 3.8) is 0 Å². The molecule has 1 amide bonds. The van der Waals surface area contributed by atoms with Crippen molar-refractivity contribution in [2.45, 2.75) is 20.3 Å². The van der Waals surface area contributed by atoms with Crippen LogP contribution in [0.2, 0.25) is 0 Å². The van der Waals surface area contributed by atoms with Gasteiger partial charge in [-0.05, 0) is 24.5 Å². The molecular weight excluding hydrogens is 242 g/mol. The first-order chi connectivity index (χ1) is 9.13. The van der Waals surface area contributed by atoms with E-state index in [1.54, 1.807) is 19.4 Å². The molecule has 1 aromatic rings. The van der Waals surface area contributed by atoms with Crippen LogP contribution in [0.5, 0.6) is 0 Å². The van der Waals surface area contributed by atoms with Gasteiger partial charge in [-0.3, -0.25) is 4.79 Å². The number of hydrogen-bond donors (Lipinski definition) is 2. The third-order valence-corrected chi connectivity index (χ3v) is 2.52. The Labute approximate surface area is 114 Å². The predicted octanol–water partition coefficient (Wildman–Crippen LogP) is 1.92. The normalized spacial score (nSPS) is 10.5. The van der Waals surface area contributed by atoms with Gasteiger partial charge in [-0.1, -0.05) is 13.8 Å².